The van der Waals surface area contributed by atoms with Crippen molar-refractivity contribution in [1.82, 2.24) is 15.1 Å². The van der Waals surface area contributed by atoms with Gasteiger partial charge in [0.2, 0.25) is 0 Å². The smallest absolute Gasteiger partial charge is 0.272 e. The topological polar surface area (TPSA) is 46.9 Å². The summed E-state index contributed by atoms with van der Waals surface area (Å²) < 4.78 is 1.67. The van der Waals surface area contributed by atoms with Crippen LogP contribution >= 0.6 is 0 Å². The Morgan fingerprint density at radius 1 is 1.85 bits per heavy atom. The van der Waals surface area contributed by atoms with Gasteiger partial charge in [0.15, 0.2) is 0 Å². The summed E-state index contributed by atoms with van der Waals surface area (Å²) in [6, 6.07) is 1.75. The number of aromatic nitrogens is 2. The second-order valence-electron chi connectivity index (χ2n) is 2.79. The van der Waals surface area contributed by atoms with Crippen LogP contribution in [0.4, 0.5) is 0 Å². The zero-order valence-electron chi connectivity index (χ0n) is 7.87. The normalized spacial score (nSPS) is 9.69. The fraction of sp³-hybridized carbons (Fsp3) is 0.333. The number of carbonyl (C=O) groups excluding carboxylic acids is 1. The summed E-state index contributed by atoms with van der Waals surface area (Å²) in [5.41, 5.74) is 1.41. The van der Waals surface area contributed by atoms with Crippen molar-refractivity contribution < 1.29 is 4.79 Å². The van der Waals surface area contributed by atoms with Crippen molar-refractivity contribution in [2.75, 3.05) is 6.54 Å². The first kappa shape index (κ1) is 9.51. The van der Waals surface area contributed by atoms with Gasteiger partial charge in [0, 0.05) is 19.3 Å². The number of nitrogens with zero attached hydrogens (tertiary/aromatic N) is 2. The number of rotatable bonds is 3. The third-order valence-corrected chi connectivity index (χ3v) is 1.75. The summed E-state index contributed by atoms with van der Waals surface area (Å²) in [6.45, 7) is 5.88. The Balaban J connectivity index is 2.71. The van der Waals surface area contributed by atoms with Gasteiger partial charge in [0.05, 0.1) is 0 Å². The van der Waals surface area contributed by atoms with Crippen LogP contribution in [0, 0.1) is 6.92 Å². The molecule has 0 atom stereocenters. The molecule has 0 aliphatic heterocycles. The lowest BCUT2D eigenvalue weighted by Gasteiger charge is -1.96. The van der Waals surface area contributed by atoms with E-state index >= 15 is 0 Å². The number of aryl methyl sites for hydroxylation is 2. The van der Waals surface area contributed by atoms with Gasteiger partial charge in [-0.1, -0.05) is 6.08 Å². The molecule has 0 bridgehead atoms. The van der Waals surface area contributed by atoms with Gasteiger partial charge in [-0.3, -0.25) is 9.48 Å². The van der Waals surface area contributed by atoms with Crippen molar-refractivity contribution in [3.63, 3.8) is 0 Å². The molecule has 0 aromatic carbocycles. The third-order valence-electron chi connectivity index (χ3n) is 1.75. The second-order valence-corrected chi connectivity index (χ2v) is 2.79. The molecule has 1 heterocycles. The molecule has 1 N–H and O–H groups in total. The van der Waals surface area contributed by atoms with E-state index in [2.05, 4.69) is 17.0 Å². The number of hydrogen-bond acceptors (Lipinski definition) is 2. The van der Waals surface area contributed by atoms with Gasteiger partial charge in [-0.05, 0) is 13.0 Å². The number of nitrogens with one attached hydrogen (secondary N) is 1. The van der Waals surface area contributed by atoms with Crippen molar-refractivity contribution >= 4 is 5.91 Å². The van der Waals surface area contributed by atoms with Crippen LogP contribution in [0.2, 0.25) is 0 Å². The predicted molar refractivity (Wildman–Crippen MR) is 50.5 cm³/mol. The minimum Gasteiger partial charge on any atom is -0.347 e. The second kappa shape index (κ2) is 3.89. The maximum atomic E-state index is 11.3. The molecule has 0 unspecified atom stereocenters. The largest absolute Gasteiger partial charge is 0.347 e. The molecular formula is C9H13N3O. The molecule has 0 spiro atoms. The van der Waals surface area contributed by atoms with Crippen molar-refractivity contribution in [1.29, 1.82) is 0 Å². The number of hydrogen-bond donors (Lipinski definition) is 1. The van der Waals surface area contributed by atoms with Gasteiger partial charge in [0.25, 0.3) is 5.91 Å². The van der Waals surface area contributed by atoms with E-state index in [0.29, 0.717) is 12.2 Å². The molecule has 0 fully saturated rings. The van der Waals surface area contributed by atoms with E-state index in [1.54, 1.807) is 23.9 Å². The Bertz CT molecular complexity index is 308. The first-order valence-electron chi connectivity index (χ1n) is 4.05. The van der Waals surface area contributed by atoms with E-state index < -0.39 is 0 Å². The average Bonchev–Trinajstić information content (AvgIpc) is 2.43. The standard InChI is InChI=1S/C9H13N3O/c1-4-5-10-9(13)8-6-7(2)12(3)11-8/h4,6H,1,5H2,2-3H3,(H,10,13). The Kier molecular flexibility index (Phi) is 2.84. The molecule has 1 amide bonds. The van der Waals surface area contributed by atoms with E-state index in [1.165, 1.54) is 0 Å². The monoisotopic (exact) mass is 179 g/mol. The fourth-order valence-corrected chi connectivity index (χ4v) is 0.927. The van der Waals surface area contributed by atoms with Crippen molar-refractivity contribution in [3.8, 4) is 0 Å². The molecule has 0 aliphatic rings. The molecule has 0 saturated heterocycles. The number of carbonyl (C=O) groups is 1. The molecule has 1 aromatic rings. The van der Waals surface area contributed by atoms with Gasteiger partial charge < -0.3 is 5.32 Å². The van der Waals surface area contributed by atoms with E-state index in [0.717, 1.165) is 5.69 Å². The van der Waals surface area contributed by atoms with Crippen LogP contribution in [0.5, 0.6) is 0 Å². The summed E-state index contributed by atoms with van der Waals surface area (Å²) in [4.78, 5) is 11.3. The van der Waals surface area contributed by atoms with Crippen LogP contribution in [0.15, 0.2) is 18.7 Å². The Hall–Kier alpha value is -1.58. The lowest BCUT2D eigenvalue weighted by Crippen LogP contribution is -2.23. The Morgan fingerprint density at radius 2 is 2.54 bits per heavy atom. The van der Waals surface area contributed by atoms with Crippen molar-refractivity contribution in [2.24, 2.45) is 7.05 Å². The third kappa shape index (κ3) is 2.18. The van der Waals surface area contributed by atoms with Crippen LogP contribution in [0.25, 0.3) is 0 Å². The average molecular weight is 179 g/mol. The minimum absolute atomic E-state index is 0.163. The SMILES string of the molecule is C=CCNC(=O)c1cc(C)n(C)n1. The molecular weight excluding hydrogens is 166 g/mol. The van der Waals surface area contributed by atoms with Gasteiger partial charge >= 0.3 is 0 Å². The minimum atomic E-state index is -0.163. The van der Waals surface area contributed by atoms with Gasteiger partial charge in [-0.2, -0.15) is 5.10 Å². The fourth-order valence-electron chi connectivity index (χ4n) is 0.927. The van der Waals surface area contributed by atoms with E-state index in [1.807, 2.05) is 6.92 Å². The quantitative estimate of drug-likeness (QED) is 0.692. The summed E-state index contributed by atoms with van der Waals surface area (Å²) >= 11 is 0. The lowest BCUT2D eigenvalue weighted by atomic mass is 10.3. The number of amides is 1. The molecule has 0 saturated carbocycles. The maximum Gasteiger partial charge on any atom is 0.272 e. The highest BCUT2D eigenvalue weighted by molar-refractivity contribution is 5.92. The summed E-state index contributed by atoms with van der Waals surface area (Å²) in [6.07, 6.45) is 1.63. The highest BCUT2D eigenvalue weighted by Crippen LogP contribution is 2.00. The Labute approximate surface area is 77.3 Å². The molecule has 13 heavy (non-hydrogen) atoms. The molecule has 0 radical (unpaired) electrons. The van der Waals surface area contributed by atoms with Gasteiger partial charge in [-0.25, -0.2) is 0 Å². The van der Waals surface area contributed by atoms with Crippen LogP contribution in [-0.2, 0) is 7.05 Å². The van der Waals surface area contributed by atoms with Crippen LogP contribution in [0.1, 0.15) is 16.2 Å². The van der Waals surface area contributed by atoms with E-state index in [-0.39, 0.29) is 5.91 Å². The van der Waals surface area contributed by atoms with Gasteiger partial charge in [-0.15, -0.1) is 6.58 Å². The van der Waals surface area contributed by atoms with E-state index in [4.69, 9.17) is 0 Å². The summed E-state index contributed by atoms with van der Waals surface area (Å²) in [5.74, 6) is -0.163. The summed E-state index contributed by atoms with van der Waals surface area (Å²) in [5, 5.41) is 6.69. The molecule has 4 heteroatoms. The van der Waals surface area contributed by atoms with Crippen LogP contribution < -0.4 is 5.32 Å². The van der Waals surface area contributed by atoms with Crippen LogP contribution in [-0.4, -0.2) is 22.2 Å². The van der Waals surface area contributed by atoms with Crippen molar-refractivity contribution in [2.45, 2.75) is 6.92 Å². The molecule has 1 aromatic heterocycles. The van der Waals surface area contributed by atoms with Gasteiger partial charge in [0.1, 0.15) is 5.69 Å². The highest BCUT2D eigenvalue weighted by Gasteiger charge is 2.08. The molecule has 70 valence electrons. The highest BCUT2D eigenvalue weighted by atomic mass is 16.1. The molecule has 1 rings (SSSR count). The predicted octanol–water partition coefficient (Wildman–Crippen LogP) is 0.644. The van der Waals surface area contributed by atoms with E-state index in [9.17, 15) is 4.79 Å². The zero-order chi connectivity index (χ0) is 9.84. The molecule has 4 nitrogen and oxygen atoms in total. The molecule has 0 aliphatic carbocycles. The van der Waals surface area contributed by atoms with Crippen LogP contribution in [0.3, 0.4) is 0 Å². The maximum absolute atomic E-state index is 11.3. The lowest BCUT2D eigenvalue weighted by molar-refractivity contribution is 0.0952. The van der Waals surface area contributed by atoms with Crippen molar-refractivity contribution in [3.05, 3.63) is 30.1 Å². The first-order valence-corrected chi connectivity index (χ1v) is 4.05. The zero-order valence-corrected chi connectivity index (χ0v) is 7.87. The first-order chi connectivity index (χ1) is 6.15. The summed E-state index contributed by atoms with van der Waals surface area (Å²) in [7, 11) is 1.81. The Morgan fingerprint density at radius 3 is 3.00 bits per heavy atom.